The lowest BCUT2D eigenvalue weighted by molar-refractivity contribution is -0.0892. The van der Waals surface area contributed by atoms with Crippen LogP contribution in [0.5, 0.6) is 0 Å². The monoisotopic (exact) mass is 251 g/mol. The van der Waals surface area contributed by atoms with Gasteiger partial charge in [-0.05, 0) is 12.8 Å². The standard InChI is InChI=1S/C13H21N3O2/c1-7-18-13(2-8-17-10-13)9-12(1)15-4-6-16-5-3-14-11-16/h3,5,11-12,15H,1-2,4,6-10H2. The zero-order chi connectivity index (χ0) is 12.3. The number of rotatable bonds is 4. The quantitative estimate of drug-likeness (QED) is 0.860. The van der Waals surface area contributed by atoms with Crippen LogP contribution in [0, 0.1) is 0 Å². The summed E-state index contributed by atoms with van der Waals surface area (Å²) in [4.78, 5) is 4.04. The number of nitrogens with one attached hydrogen (secondary N) is 1. The van der Waals surface area contributed by atoms with E-state index < -0.39 is 0 Å². The normalized spacial score (nSPS) is 32.1. The third-order valence-corrected chi connectivity index (χ3v) is 3.92. The van der Waals surface area contributed by atoms with Crippen LogP contribution in [-0.2, 0) is 16.0 Å². The Labute approximate surface area is 107 Å². The molecular weight excluding hydrogens is 230 g/mol. The molecule has 1 spiro atoms. The van der Waals surface area contributed by atoms with Crippen molar-refractivity contribution in [2.75, 3.05) is 26.4 Å². The maximum Gasteiger partial charge on any atom is 0.0951 e. The predicted octanol–water partition coefficient (Wildman–Crippen LogP) is 0.811. The molecule has 100 valence electrons. The summed E-state index contributed by atoms with van der Waals surface area (Å²) in [7, 11) is 0. The number of hydrogen-bond acceptors (Lipinski definition) is 4. The first-order chi connectivity index (χ1) is 8.86. The Morgan fingerprint density at radius 2 is 2.44 bits per heavy atom. The average molecular weight is 251 g/mol. The lowest BCUT2D eigenvalue weighted by Gasteiger charge is -2.37. The van der Waals surface area contributed by atoms with Gasteiger partial charge in [-0.1, -0.05) is 0 Å². The van der Waals surface area contributed by atoms with E-state index in [4.69, 9.17) is 9.47 Å². The van der Waals surface area contributed by atoms with E-state index in [0.717, 1.165) is 52.2 Å². The summed E-state index contributed by atoms with van der Waals surface area (Å²) in [5.41, 5.74) is 0.00488. The Kier molecular flexibility index (Phi) is 3.63. The van der Waals surface area contributed by atoms with Crippen molar-refractivity contribution in [3.8, 4) is 0 Å². The highest BCUT2D eigenvalue weighted by molar-refractivity contribution is 4.92. The zero-order valence-electron chi connectivity index (χ0n) is 10.7. The minimum Gasteiger partial charge on any atom is -0.378 e. The fourth-order valence-electron chi connectivity index (χ4n) is 2.88. The molecule has 2 unspecified atom stereocenters. The SMILES string of the molecule is c1cn(CCNC2CCOC3(CCOC3)C2)cn1. The van der Waals surface area contributed by atoms with Gasteiger partial charge in [-0.3, -0.25) is 0 Å². The molecule has 5 nitrogen and oxygen atoms in total. The maximum atomic E-state index is 5.93. The van der Waals surface area contributed by atoms with Crippen LogP contribution in [0.15, 0.2) is 18.7 Å². The van der Waals surface area contributed by atoms with Gasteiger partial charge in [0.05, 0.1) is 18.5 Å². The van der Waals surface area contributed by atoms with Crippen molar-refractivity contribution in [3.05, 3.63) is 18.7 Å². The second-order valence-electron chi connectivity index (χ2n) is 5.28. The first kappa shape index (κ1) is 12.1. The lowest BCUT2D eigenvalue weighted by atomic mass is 9.90. The molecule has 1 N–H and O–H groups in total. The summed E-state index contributed by atoms with van der Waals surface area (Å²) < 4.78 is 13.5. The van der Waals surface area contributed by atoms with E-state index in [1.54, 1.807) is 0 Å². The maximum absolute atomic E-state index is 5.93. The van der Waals surface area contributed by atoms with Crippen LogP contribution in [-0.4, -0.2) is 47.6 Å². The molecule has 5 heteroatoms. The van der Waals surface area contributed by atoms with Gasteiger partial charge in [0, 0.05) is 51.2 Å². The van der Waals surface area contributed by atoms with E-state index in [1.807, 2.05) is 18.7 Å². The van der Waals surface area contributed by atoms with Gasteiger partial charge < -0.3 is 19.4 Å². The van der Waals surface area contributed by atoms with Gasteiger partial charge in [-0.25, -0.2) is 4.98 Å². The lowest BCUT2D eigenvalue weighted by Crippen LogP contribution is -2.48. The van der Waals surface area contributed by atoms with Crippen molar-refractivity contribution in [3.63, 3.8) is 0 Å². The van der Waals surface area contributed by atoms with Gasteiger partial charge in [-0.15, -0.1) is 0 Å². The topological polar surface area (TPSA) is 48.3 Å². The molecule has 1 aromatic heterocycles. The van der Waals surface area contributed by atoms with Gasteiger partial charge >= 0.3 is 0 Å². The first-order valence-corrected chi connectivity index (χ1v) is 6.77. The van der Waals surface area contributed by atoms with Gasteiger partial charge in [-0.2, -0.15) is 0 Å². The highest BCUT2D eigenvalue weighted by atomic mass is 16.6. The Morgan fingerprint density at radius 3 is 3.22 bits per heavy atom. The van der Waals surface area contributed by atoms with Crippen molar-refractivity contribution in [2.24, 2.45) is 0 Å². The number of hydrogen-bond donors (Lipinski definition) is 1. The van der Waals surface area contributed by atoms with E-state index in [1.165, 1.54) is 0 Å². The third kappa shape index (κ3) is 2.74. The molecule has 1 aromatic rings. The molecule has 0 radical (unpaired) electrons. The fraction of sp³-hybridized carbons (Fsp3) is 0.769. The van der Waals surface area contributed by atoms with Gasteiger partial charge in [0.1, 0.15) is 0 Å². The molecule has 3 heterocycles. The van der Waals surface area contributed by atoms with Crippen molar-refractivity contribution in [1.82, 2.24) is 14.9 Å². The van der Waals surface area contributed by atoms with Crippen molar-refractivity contribution < 1.29 is 9.47 Å². The second-order valence-corrected chi connectivity index (χ2v) is 5.28. The predicted molar refractivity (Wildman–Crippen MR) is 67.4 cm³/mol. The van der Waals surface area contributed by atoms with Crippen LogP contribution in [0.25, 0.3) is 0 Å². The minimum absolute atomic E-state index is 0.00488. The zero-order valence-corrected chi connectivity index (χ0v) is 10.7. The van der Waals surface area contributed by atoms with E-state index in [-0.39, 0.29) is 5.60 Å². The van der Waals surface area contributed by atoms with Crippen molar-refractivity contribution >= 4 is 0 Å². The molecule has 2 aliphatic rings. The average Bonchev–Trinajstić information content (AvgIpc) is 3.02. The third-order valence-electron chi connectivity index (χ3n) is 3.92. The van der Waals surface area contributed by atoms with Crippen LogP contribution in [0.2, 0.25) is 0 Å². The molecular formula is C13H21N3O2. The summed E-state index contributed by atoms with van der Waals surface area (Å²) in [6.45, 7) is 4.43. The molecule has 0 aliphatic carbocycles. The van der Waals surface area contributed by atoms with E-state index in [0.29, 0.717) is 6.04 Å². The highest BCUT2D eigenvalue weighted by Crippen LogP contribution is 2.32. The fourth-order valence-corrected chi connectivity index (χ4v) is 2.88. The molecule has 0 bridgehead atoms. The summed E-state index contributed by atoms with van der Waals surface area (Å²) in [6.07, 6.45) is 8.91. The smallest absolute Gasteiger partial charge is 0.0951 e. The second kappa shape index (κ2) is 5.38. The van der Waals surface area contributed by atoms with Gasteiger partial charge in [0.25, 0.3) is 0 Å². The number of ether oxygens (including phenoxy) is 2. The summed E-state index contributed by atoms with van der Waals surface area (Å²) in [5, 5.41) is 3.63. The Bertz CT molecular complexity index is 360. The summed E-state index contributed by atoms with van der Waals surface area (Å²) >= 11 is 0. The molecule has 0 aromatic carbocycles. The summed E-state index contributed by atoms with van der Waals surface area (Å²) in [5.74, 6) is 0. The number of imidazole rings is 1. The molecule has 2 atom stereocenters. The number of aromatic nitrogens is 2. The van der Waals surface area contributed by atoms with Crippen LogP contribution in [0.4, 0.5) is 0 Å². The highest BCUT2D eigenvalue weighted by Gasteiger charge is 2.40. The summed E-state index contributed by atoms with van der Waals surface area (Å²) in [6, 6.07) is 0.559. The van der Waals surface area contributed by atoms with Crippen LogP contribution in [0.3, 0.4) is 0 Å². The van der Waals surface area contributed by atoms with Crippen molar-refractivity contribution in [1.29, 1.82) is 0 Å². The van der Waals surface area contributed by atoms with E-state index in [2.05, 4.69) is 14.9 Å². The largest absolute Gasteiger partial charge is 0.378 e. The Balaban J connectivity index is 1.45. The molecule has 2 saturated heterocycles. The van der Waals surface area contributed by atoms with Crippen LogP contribution >= 0.6 is 0 Å². The van der Waals surface area contributed by atoms with Crippen LogP contribution < -0.4 is 5.32 Å². The Hall–Kier alpha value is -0.910. The Morgan fingerprint density at radius 1 is 1.44 bits per heavy atom. The molecule has 2 aliphatic heterocycles. The van der Waals surface area contributed by atoms with Crippen LogP contribution in [0.1, 0.15) is 19.3 Å². The van der Waals surface area contributed by atoms with E-state index in [9.17, 15) is 0 Å². The van der Waals surface area contributed by atoms with E-state index >= 15 is 0 Å². The number of nitrogens with zero attached hydrogens (tertiary/aromatic N) is 2. The van der Waals surface area contributed by atoms with Gasteiger partial charge in [0.15, 0.2) is 0 Å². The molecule has 0 amide bonds. The first-order valence-electron chi connectivity index (χ1n) is 6.77. The molecule has 18 heavy (non-hydrogen) atoms. The molecule has 2 fully saturated rings. The van der Waals surface area contributed by atoms with Gasteiger partial charge in [0.2, 0.25) is 0 Å². The molecule has 0 saturated carbocycles. The van der Waals surface area contributed by atoms with Crippen molar-refractivity contribution in [2.45, 2.75) is 37.5 Å². The minimum atomic E-state index is 0.00488. The molecule has 3 rings (SSSR count).